The normalized spacial score (nSPS) is 14.3. The summed E-state index contributed by atoms with van der Waals surface area (Å²) in [7, 11) is 4.14. The minimum Gasteiger partial charge on any atom is -0.354 e. The highest BCUT2D eigenvalue weighted by atomic mass is 15.2. The fourth-order valence-corrected chi connectivity index (χ4v) is 2.24. The summed E-state index contributed by atoms with van der Waals surface area (Å²) in [5, 5.41) is 13.8. The third-order valence-electron chi connectivity index (χ3n) is 3.59. The Morgan fingerprint density at radius 3 is 2.95 bits per heavy atom. The number of aromatic nitrogens is 4. The third kappa shape index (κ3) is 4.17. The van der Waals surface area contributed by atoms with Crippen molar-refractivity contribution in [2.24, 2.45) is 0 Å². The van der Waals surface area contributed by atoms with Gasteiger partial charge in [-0.3, -0.25) is 5.10 Å². The first kappa shape index (κ1) is 14.8. The smallest absolute Gasteiger partial charge is 0.224 e. The molecule has 3 rings (SSSR count). The maximum absolute atomic E-state index is 4.45. The molecule has 1 fully saturated rings. The van der Waals surface area contributed by atoms with E-state index in [2.05, 4.69) is 55.9 Å². The van der Waals surface area contributed by atoms with Gasteiger partial charge in [-0.05, 0) is 46.0 Å². The standard InChI is InChI=1S/C15H23N7/c1-22(2)9-3-7-16-15-17-8-6-13(19-15)18-14-10-12(20-21-14)11-4-5-11/h6,8,10-11H,3-5,7,9H2,1-2H3,(H3,16,17,18,19,20,21). The zero-order valence-electron chi connectivity index (χ0n) is 13.1. The first-order valence-electron chi connectivity index (χ1n) is 7.74. The van der Waals surface area contributed by atoms with E-state index in [0.29, 0.717) is 11.9 Å². The second-order valence-electron chi connectivity index (χ2n) is 5.96. The van der Waals surface area contributed by atoms with Crippen LogP contribution in [0.25, 0.3) is 0 Å². The van der Waals surface area contributed by atoms with Crippen LogP contribution < -0.4 is 10.6 Å². The Bertz CT molecular complexity index is 603. The van der Waals surface area contributed by atoms with Gasteiger partial charge in [-0.25, -0.2) is 4.98 Å². The molecular weight excluding hydrogens is 278 g/mol. The van der Waals surface area contributed by atoms with Crippen molar-refractivity contribution in [3.63, 3.8) is 0 Å². The van der Waals surface area contributed by atoms with E-state index in [1.165, 1.54) is 18.5 Å². The van der Waals surface area contributed by atoms with E-state index in [4.69, 9.17) is 0 Å². The molecule has 1 aliphatic rings. The number of nitrogens with one attached hydrogen (secondary N) is 3. The molecule has 0 amide bonds. The minimum atomic E-state index is 0.640. The number of rotatable bonds is 8. The number of hydrogen-bond donors (Lipinski definition) is 3. The highest BCUT2D eigenvalue weighted by molar-refractivity contribution is 5.53. The topological polar surface area (TPSA) is 81.8 Å². The van der Waals surface area contributed by atoms with Gasteiger partial charge in [0.25, 0.3) is 0 Å². The molecule has 2 aromatic heterocycles. The predicted octanol–water partition coefficient (Wildman–Crippen LogP) is 2.18. The molecule has 0 atom stereocenters. The third-order valence-corrected chi connectivity index (χ3v) is 3.59. The number of nitrogens with zero attached hydrogens (tertiary/aromatic N) is 4. The second kappa shape index (κ2) is 6.74. The number of hydrogen-bond acceptors (Lipinski definition) is 6. The Morgan fingerprint density at radius 2 is 2.18 bits per heavy atom. The number of H-pyrrole nitrogens is 1. The summed E-state index contributed by atoms with van der Waals surface area (Å²) in [6.45, 7) is 1.90. The predicted molar refractivity (Wildman–Crippen MR) is 87.5 cm³/mol. The molecule has 7 nitrogen and oxygen atoms in total. The molecule has 0 aromatic carbocycles. The summed E-state index contributed by atoms with van der Waals surface area (Å²) in [6, 6.07) is 3.90. The fraction of sp³-hybridized carbons (Fsp3) is 0.533. The number of anilines is 3. The average Bonchev–Trinajstić information content (AvgIpc) is 3.25. The van der Waals surface area contributed by atoms with Crippen LogP contribution in [0.4, 0.5) is 17.6 Å². The van der Waals surface area contributed by atoms with E-state index in [1.807, 2.05) is 6.07 Å². The summed E-state index contributed by atoms with van der Waals surface area (Å²) in [6.07, 6.45) is 5.32. The first-order chi connectivity index (χ1) is 10.7. The van der Waals surface area contributed by atoms with Crippen LogP contribution in [0.3, 0.4) is 0 Å². The van der Waals surface area contributed by atoms with Crippen LogP contribution in [0, 0.1) is 0 Å². The van der Waals surface area contributed by atoms with Gasteiger partial charge in [-0.2, -0.15) is 10.1 Å². The van der Waals surface area contributed by atoms with Crippen LogP contribution >= 0.6 is 0 Å². The van der Waals surface area contributed by atoms with Crippen molar-refractivity contribution in [1.82, 2.24) is 25.1 Å². The van der Waals surface area contributed by atoms with Crippen LogP contribution in [0.5, 0.6) is 0 Å². The molecule has 7 heteroatoms. The quantitative estimate of drug-likeness (QED) is 0.648. The van der Waals surface area contributed by atoms with Gasteiger partial charge in [-0.15, -0.1) is 0 Å². The van der Waals surface area contributed by atoms with E-state index in [1.54, 1.807) is 6.20 Å². The monoisotopic (exact) mass is 301 g/mol. The Morgan fingerprint density at radius 1 is 1.32 bits per heavy atom. The fourth-order valence-electron chi connectivity index (χ4n) is 2.24. The first-order valence-corrected chi connectivity index (χ1v) is 7.74. The van der Waals surface area contributed by atoms with Crippen LogP contribution in [-0.4, -0.2) is 52.3 Å². The lowest BCUT2D eigenvalue weighted by molar-refractivity contribution is 0.405. The molecule has 2 heterocycles. The van der Waals surface area contributed by atoms with Crippen molar-refractivity contribution in [3.8, 4) is 0 Å². The Balaban J connectivity index is 1.53. The van der Waals surface area contributed by atoms with Gasteiger partial charge in [0.2, 0.25) is 5.95 Å². The Hall–Kier alpha value is -2.15. The molecule has 22 heavy (non-hydrogen) atoms. The molecule has 2 aromatic rings. The van der Waals surface area contributed by atoms with E-state index >= 15 is 0 Å². The molecular formula is C15H23N7. The molecule has 0 aliphatic heterocycles. The van der Waals surface area contributed by atoms with Crippen LogP contribution in [0.15, 0.2) is 18.3 Å². The van der Waals surface area contributed by atoms with E-state index in [0.717, 1.165) is 31.1 Å². The van der Waals surface area contributed by atoms with Crippen LogP contribution in [-0.2, 0) is 0 Å². The van der Waals surface area contributed by atoms with Crippen molar-refractivity contribution in [1.29, 1.82) is 0 Å². The average molecular weight is 301 g/mol. The molecule has 118 valence electrons. The second-order valence-corrected chi connectivity index (χ2v) is 5.96. The van der Waals surface area contributed by atoms with E-state index < -0.39 is 0 Å². The molecule has 0 bridgehead atoms. The van der Waals surface area contributed by atoms with Gasteiger partial charge >= 0.3 is 0 Å². The van der Waals surface area contributed by atoms with Crippen molar-refractivity contribution >= 4 is 17.6 Å². The minimum absolute atomic E-state index is 0.640. The molecule has 0 radical (unpaired) electrons. The van der Waals surface area contributed by atoms with Gasteiger partial charge in [-0.1, -0.05) is 0 Å². The van der Waals surface area contributed by atoms with Crippen molar-refractivity contribution in [2.45, 2.75) is 25.2 Å². The zero-order valence-corrected chi connectivity index (χ0v) is 13.1. The summed E-state index contributed by atoms with van der Waals surface area (Å²) in [4.78, 5) is 10.9. The summed E-state index contributed by atoms with van der Waals surface area (Å²) >= 11 is 0. The van der Waals surface area contributed by atoms with Crippen LogP contribution in [0.2, 0.25) is 0 Å². The molecule has 0 saturated heterocycles. The molecule has 1 saturated carbocycles. The largest absolute Gasteiger partial charge is 0.354 e. The van der Waals surface area contributed by atoms with Gasteiger partial charge < -0.3 is 15.5 Å². The van der Waals surface area contributed by atoms with Gasteiger partial charge in [0, 0.05) is 30.4 Å². The molecule has 1 aliphatic carbocycles. The maximum atomic E-state index is 4.45. The summed E-state index contributed by atoms with van der Waals surface area (Å²) in [5.74, 6) is 2.86. The van der Waals surface area contributed by atoms with Crippen molar-refractivity contribution < 1.29 is 0 Å². The lowest BCUT2D eigenvalue weighted by atomic mass is 10.3. The van der Waals surface area contributed by atoms with Crippen molar-refractivity contribution in [3.05, 3.63) is 24.0 Å². The summed E-state index contributed by atoms with van der Waals surface area (Å²) in [5.41, 5.74) is 1.21. The van der Waals surface area contributed by atoms with Crippen molar-refractivity contribution in [2.75, 3.05) is 37.8 Å². The van der Waals surface area contributed by atoms with Gasteiger partial charge in [0.15, 0.2) is 5.82 Å². The maximum Gasteiger partial charge on any atom is 0.224 e. The van der Waals surface area contributed by atoms with E-state index in [-0.39, 0.29) is 0 Å². The zero-order chi connectivity index (χ0) is 15.4. The Kier molecular flexibility index (Phi) is 4.53. The summed E-state index contributed by atoms with van der Waals surface area (Å²) < 4.78 is 0. The lowest BCUT2D eigenvalue weighted by Gasteiger charge is -2.10. The molecule has 3 N–H and O–H groups in total. The van der Waals surface area contributed by atoms with E-state index in [9.17, 15) is 0 Å². The van der Waals surface area contributed by atoms with Gasteiger partial charge in [0.05, 0.1) is 0 Å². The lowest BCUT2D eigenvalue weighted by Crippen LogP contribution is -2.17. The Labute approximate surface area is 130 Å². The number of aromatic amines is 1. The highest BCUT2D eigenvalue weighted by Crippen LogP contribution is 2.39. The SMILES string of the molecule is CN(C)CCCNc1nccc(Nc2cc(C3CC3)[nH]n2)n1. The highest BCUT2D eigenvalue weighted by Gasteiger charge is 2.25. The molecule has 0 unspecified atom stereocenters. The van der Waals surface area contributed by atoms with Gasteiger partial charge in [0.1, 0.15) is 5.82 Å². The molecule has 0 spiro atoms. The van der Waals surface area contributed by atoms with Crippen LogP contribution in [0.1, 0.15) is 30.9 Å².